The van der Waals surface area contributed by atoms with Gasteiger partial charge < -0.3 is 14.2 Å². The monoisotopic (exact) mass is 682 g/mol. The number of hydrogen-bond donors (Lipinski definition) is 0. The van der Waals surface area contributed by atoms with Gasteiger partial charge in [-0.15, -0.1) is 0 Å². The molecule has 0 atom stereocenters. The lowest BCUT2D eigenvalue weighted by Gasteiger charge is -2.15. The van der Waals surface area contributed by atoms with E-state index in [9.17, 15) is 14.9 Å². The Morgan fingerprint density at radius 3 is 2.61 bits per heavy atom. The van der Waals surface area contributed by atoms with Gasteiger partial charge >= 0.3 is 5.97 Å². The summed E-state index contributed by atoms with van der Waals surface area (Å²) >= 11 is 11.6. The van der Waals surface area contributed by atoms with E-state index in [1.165, 1.54) is 24.3 Å². The van der Waals surface area contributed by atoms with E-state index in [1.54, 1.807) is 12.1 Å². The van der Waals surface area contributed by atoms with Crippen molar-refractivity contribution >= 4 is 73.8 Å². The quantitative estimate of drug-likeness (QED) is 0.0839. The third kappa shape index (κ3) is 6.05. The Labute approximate surface area is 233 Å². The van der Waals surface area contributed by atoms with Gasteiger partial charge in [0.05, 0.1) is 16.0 Å². The molecule has 0 amide bonds. The van der Waals surface area contributed by atoms with Crippen molar-refractivity contribution in [1.82, 2.24) is 0 Å². The number of aliphatic imine (C=N–C) groups is 1. The van der Waals surface area contributed by atoms with Crippen LogP contribution in [-0.2, 0) is 16.1 Å². The van der Waals surface area contributed by atoms with E-state index in [0.29, 0.717) is 34.7 Å². The average molecular weight is 684 g/mol. The summed E-state index contributed by atoms with van der Waals surface area (Å²) in [7, 11) is 0. The fraction of sp³-hybridized carbons (Fsp3) is 0.120. The van der Waals surface area contributed by atoms with Crippen LogP contribution in [-0.4, -0.2) is 23.4 Å². The number of rotatable bonds is 8. The zero-order valence-electron chi connectivity index (χ0n) is 18.7. The number of halogens is 3. The minimum absolute atomic E-state index is 0.0259. The molecule has 0 saturated carbocycles. The predicted molar refractivity (Wildman–Crippen MR) is 148 cm³/mol. The Kier molecular flexibility index (Phi) is 8.27. The topological polar surface area (TPSA) is 100 Å². The molecule has 0 N–H and O–H groups in total. The first kappa shape index (κ1) is 26.1. The third-order valence-electron chi connectivity index (χ3n) is 4.94. The van der Waals surface area contributed by atoms with E-state index in [4.69, 9.17) is 25.8 Å². The molecule has 0 unspecified atom stereocenters. The summed E-state index contributed by atoms with van der Waals surface area (Å²) in [5.74, 6) is 0.292. The van der Waals surface area contributed by atoms with Crippen molar-refractivity contribution in [3.05, 3.63) is 100 Å². The van der Waals surface area contributed by atoms with Crippen LogP contribution in [0.4, 0.5) is 5.69 Å². The van der Waals surface area contributed by atoms with Gasteiger partial charge in [0.15, 0.2) is 17.2 Å². The molecule has 1 aliphatic rings. The molecule has 4 rings (SSSR count). The molecule has 3 aromatic carbocycles. The smallest absolute Gasteiger partial charge is 0.363 e. The molecule has 8 nitrogen and oxygen atoms in total. The minimum Gasteiger partial charge on any atom is -0.490 e. The van der Waals surface area contributed by atoms with E-state index >= 15 is 0 Å². The normalized spacial score (nSPS) is 13.9. The lowest BCUT2D eigenvalue weighted by Crippen LogP contribution is -2.06. The lowest BCUT2D eigenvalue weighted by atomic mass is 10.1. The van der Waals surface area contributed by atoms with Gasteiger partial charge in [0.25, 0.3) is 5.69 Å². The molecule has 11 heteroatoms. The van der Waals surface area contributed by atoms with Crippen LogP contribution in [0.3, 0.4) is 0 Å². The summed E-state index contributed by atoms with van der Waals surface area (Å²) in [6.45, 7) is 2.62. The maximum Gasteiger partial charge on any atom is 0.363 e. The predicted octanol–water partition coefficient (Wildman–Crippen LogP) is 6.94. The molecule has 0 fully saturated rings. The summed E-state index contributed by atoms with van der Waals surface area (Å²) in [5.41, 5.74) is 1.61. The highest BCUT2D eigenvalue weighted by molar-refractivity contribution is 14.1. The fourth-order valence-corrected chi connectivity index (χ4v) is 4.41. The van der Waals surface area contributed by atoms with Crippen LogP contribution in [0.2, 0.25) is 5.02 Å². The minimum atomic E-state index is -0.685. The maximum atomic E-state index is 12.5. The molecule has 3 aromatic rings. The summed E-state index contributed by atoms with van der Waals surface area (Å²) < 4.78 is 18.8. The molecule has 0 saturated heterocycles. The molecule has 0 radical (unpaired) electrons. The first-order valence-electron chi connectivity index (χ1n) is 10.6. The van der Waals surface area contributed by atoms with Crippen molar-refractivity contribution in [2.75, 3.05) is 6.61 Å². The highest BCUT2D eigenvalue weighted by Crippen LogP contribution is 2.38. The number of esters is 1. The largest absolute Gasteiger partial charge is 0.490 e. The summed E-state index contributed by atoms with van der Waals surface area (Å²) in [5, 5.41) is 11.2. The molecular weight excluding hydrogens is 667 g/mol. The Morgan fingerprint density at radius 1 is 1.17 bits per heavy atom. The van der Waals surface area contributed by atoms with Crippen molar-refractivity contribution in [2.24, 2.45) is 4.99 Å². The van der Waals surface area contributed by atoms with Crippen LogP contribution in [0.15, 0.2) is 69.8 Å². The third-order valence-corrected chi connectivity index (χ3v) is 6.57. The molecule has 0 spiro atoms. The lowest BCUT2D eigenvalue weighted by molar-refractivity contribution is -0.384. The second-order valence-corrected chi connectivity index (χ2v) is 9.94. The number of hydrogen-bond acceptors (Lipinski definition) is 7. The SMILES string of the molecule is CCOc1cc(/C=C2\N=C(c3ccc(Cl)c([N+](=O)[O-])c3)OC2=O)cc(Br)c1OCc1ccc(I)cc1. The number of benzene rings is 3. The Hall–Kier alpha value is -2.96. The summed E-state index contributed by atoms with van der Waals surface area (Å²) in [6.07, 6.45) is 1.54. The van der Waals surface area contributed by atoms with Crippen LogP contribution >= 0.6 is 50.1 Å². The van der Waals surface area contributed by atoms with Crippen molar-refractivity contribution in [3.8, 4) is 11.5 Å². The van der Waals surface area contributed by atoms with Crippen LogP contribution in [0.5, 0.6) is 11.5 Å². The van der Waals surface area contributed by atoms with Gasteiger partial charge in [-0.2, -0.15) is 0 Å². The average Bonchev–Trinajstić information content (AvgIpc) is 3.20. The maximum absolute atomic E-state index is 12.5. The second-order valence-electron chi connectivity index (χ2n) is 7.44. The summed E-state index contributed by atoms with van der Waals surface area (Å²) in [6, 6.07) is 15.6. The second kappa shape index (κ2) is 11.4. The van der Waals surface area contributed by atoms with E-state index in [2.05, 4.69) is 43.5 Å². The van der Waals surface area contributed by atoms with Crippen LogP contribution < -0.4 is 9.47 Å². The van der Waals surface area contributed by atoms with Gasteiger partial charge in [-0.25, -0.2) is 9.79 Å². The molecular formula is C25H17BrClIN2O6. The molecule has 0 aliphatic carbocycles. The zero-order chi connectivity index (χ0) is 25.8. The molecule has 1 heterocycles. The van der Waals surface area contributed by atoms with Crippen molar-refractivity contribution in [3.63, 3.8) is 0 Å². The number of carbonyl (C=O) groups is 1. The van der Waals surface area contributed by atoms with Crippen molar-refractivity contribution in [2.45, 2.75) is 13.5 Å². The van der Waals surface area contributed by atoms with E-state index < -0.39 is 10.9 Å². The Bertz CT molecular complexity index is 1410. The van der Waals surface area contributed by atoms with E-state index in [-0.39, 0.29) is 27.9 Å². The molecule has 0 bridgehead atoms. The number of carbonyl (C=O) groups excluding carboxylic acids is 1. The van der Waals surface area contributed by atoms with E-state index in [0.717, 1.165) is 9.13 Å². The van der Waals surface area contributed by atoms with E-state index in [1.807, 2.05) is 31.2 Å². The molecule has 1 aliphatic heterocycles. The standard InChI is InChI=1S/C25H17BrClIN2O6/c1-2-34-22-11-15(9-18(26)23(22)35-13-14-3-6-17(28)7-4-14)10-20-25(31)36-24(29-20)16-5-8-19(27)21(12-16)30(32)33/h3-12H,2,13H2,1H3/b20-10-. The van der Waals surface area contributed by atoms with Crippen molar-refractivity contribution in [1.29, 1.82) is 0 Å². The van der Waals surface area contributed by atoms with Crippen LogP contribution in [0.25, 0.3) is 6.08 Å². The highest BCUT2D eigenvalue weighted by Gasteiger charge is 2.26. The molecule has 0 aromatic heterocycles. The molecule has 184 valence electrons. The van der Waals surface area contributed by atoms with Gasteiger partial charge in [-0.3, -0.25) is 10.1 Å². The summed E-state index contributed by atoms with van der Waals surface area (Å²) in [4.78, 5) is 27.3. The van der Waals surface area contributed by atoms with Gasteiger partial charge in [0.2, 0.25) is 5.90 Å². The van der Waals surface area contributed by atoms with Gasteiger partial charge in [-0.05, 0) is 99.0 Å². The number of cyclic esters (lactones) is 1. The zero-order valence-corrected chi connectivity index (χ0v) is 23.2. The van der Waals surface area contributed by atoms with Crippen molar-refractivity contribution < 1.29 is 23.9 Å². The first-order valence-corrected chi connectivity index (χ1v) is 12.8. The number of nitrogens with zero attached hydrogens (tertiary/aromatic N) is 2. The fourth-order valence-electron chi connectivity index (χ4n) is 3.29. The number of nitro groups is 1. The first-order chi connectivity index (χ1) is 17.2. The molecule has 36 heavy (non-hydrogen) atoms. The van der Waals surface area contributed by atoms with Gasteiger partial charge in [-0.1, -0.05) is 23.7 Å². The van der Waals surface area contributed by atoms with Gasteiger partial charge in [0.1, 0.15) is 11.6 Å². The van der Waals surface area contributed by atoms with Crippen LogP contribution in [0, 0.1) is 13.7 Å². The number of nitro benzene ring substituents is 1. The van der Waals surface area contributed by atoms with Crippen LogP contribution in [0.1, 0.15) is 23.6 Å². The Morgan fingerprint density at radius 2 is 1.92 bits per heavy atom. The van der Waals surface area contributed by atoms with Gasteiger partial charge in [0, 0.05) is 15.2 Å². The highest BCUT2D eigenvalue weighted by atomic mass is 127. The number of ether oxygens (including phenoxy) is 3. The Balaban J connectivity index is 1.62.